The summed E-state index contributed by atoms with van der Waals surface area (Å²) in [6.07, 6.45) is 7.00. The highest BCUT2D eigenvalue weighted by atomic mass is 19.1. The van der Waals surface area contributed by atoms with Crippen molar-refractivity contribution in [1.82, 2.24) is 10.2 Å². The molecule has 0 radical (unpaired) electrons. The number of rotatable bonds is 1. The van der Waals surface area contributed by atoms with Crippen LogP contribution in [0.1, 0.15) is 40.7 Å². The van der Waals surface area contributed by atoms with E-state index in [1.807, 2.05) is 24.3 Å². The molecule has 0 bridgehead atoms. The molecule has 2 aromatic carbocycles. The van der Waals surface area contributed by atoms with Crippen molar-refractivity contribution >= 4 is 11.8 Å². The van der Waals surface area contributed by atoms with Crippen LogP contribution in [0.3, 0.4) is 0 Å². The minimum atomic E-state index is -0.387. The second-order valence-corrected chi connectivity index (χ2v) is 8.15. The number of hydrogen-bond donors (Lipinski definition) is 1. The van der Waals surface area contributed by atoms with Gasteiger partial charge in [0.1, 0.15) is 11.6 Å². The van der Waals surface area contributed by atoms with Gasteiger partial charge in [0.05, 0.1) is 6.04 Å². The molecule has 1 N–H and O–H groups in total. The smallest absolute Gasteiger partial charge is 0.258 e. The van der Waals surface area contributed by atoms with Gasteiger partial charge in [-0.2, -0.15) is 0 Å². The van der Waals surface area contributed by atoms with E-state index in [0.717, 1.165) is 18.4 Å². The van der Waals surface area contributed by atoms with Crippen molar-refractivity contribution in [2.24, 2.45) is 0 Å². The molecule has 2 aromatic rings. The molecule has 1 fully saturated rings. The first-order valence-corrected chi connectivity index (χ1v) is 10.7. The maximum Gasteiger partial charge on any atom is 0.258 e. The van der Waals surface area contributed by atoms with Crippen LogP contribution in [0, 0.1) is 12.7 Å². The molecular formula is C25H27FN2O3. The molecule has 2 amide bonds. The van der Waals surface area contributed by atoms with Crippen molar-refractivity contribution in [2.45, 2.75) is 44.7 Å². The molecule has 31 heavy (non-hydrogen) atoms. The fourth-order valence-corrected chi connectivity index (χ4v) is 4.31. The number of halogens is 1. The van der Waals surface area contributed by atoms with Crippen molar-refractivity contribution in [3.8, 4) is 5.75 Å². The van der Waals surface area contributed by atoms with Gasteiger partial charge < -0.3 is 15.0 Å². The first kappa shape index (κ1) is 21.1. The first-order valence-electron chi connectivity index (χ1n) is 10.7. The summed E-state index contributed by atoms with van der Waals surface area (Å²) >= 11 is 0. The molecule has 0 saturated carbocycles. The van der Waals surface area contributed by atoms with Gasteiger partial charge in [0.25, 0.3) is 11.8 Å². The Morgan fingerprint density at radius 2 is 2.03 bits per heavy atom. The van der Waals surface area contributed by atoms with E-state index in [1.54, 1.807) is 24.0 Å². The Labute approximate surface area is 181 Å². The van der Waals surface area contributed by atoms with E-state index < -0.39 is 0 Å². The Morgan fingerprint density at radius 1 is 1.19 bits per heavy atom. The number of ether oxygens (including phenoxy) is 1. The zero-order chi connectivity index (χ0) is 21.8. The van der Waals surface area contributed by atoms with Crippen LogP contribution in [0.2, 0.25) is 0 Å². The summed E-state index contributed by atoms with van der Waals surface area (Å²) in [6.45, 7) is 2.19. The lowest BCUT2D eigenvalue weighted by molar-refractivity contribution is -0.124. The summed E-state index contributed by atoms with van der Waals surface area (Å²) in [6, 6.07) is 11.9. The monoisotopic (exact) mass is 422 g/mol. The second kappa shape index (κ2) is 9.33. The number of amides is 2. The molecule has 4 rings (SSSR count). The Morgan fingerprint density at radius 3 is 2.87 bits per heavy atom. The predicted molar refractivity (Wildman–Crippen MR) is 117 cm³/mol. The molecule has 2 aliphatic heterocycles. The lowest BCUT2D eigenvalue weighted by Gasteiger charge is -2.41. The molecule has 1 saturated heterocycles. The number of para-hydroxylation sites is 1. The number of nitrogens with zero attached hydrogens (tertiary/aromatic N) is 1. The zero-order valence-corrected chi connectivity index (χ0v) is 17.6. The predicted octanol–water partition coefficient (Wildman–Crippen LogP) is 3.80. The van der Waals surface area contributed by atoms with Crippen LogP contribution in [-0.2, 0) is 11.2 Å². The molecule has 2 heterocycles. The number of nitrogens with one attached hydrogen (secondary N) is 1. The summed E-state index contributed by atoms with van der Waals surface area (Å²) in [5.41, 5.74) is 1.85. The largest absolute Gasteiger partial charge is 0.483 e. The topological polar surface area (TPSA) is 58.6 Å². The van der Waals surface area contributed by atoms with Crippen molar-refractivity contribution in [3.63, 3.8) is 0 Å². The Kier molecular flexibility index (Phi) is 6.35. The van der Waals surface area contributed by atoms with Crippen LogP contribution in [0.4, 0.5) is 4.39 Å². The van der Waals surface area contributed by atoms with Gasteiger partial charge in [-0.05, 0) is 61.9 Å². The molecule has 0 aromatic heterocycles. The number of hydrogen-bond acceptors (Lipinski definition) is 3. The standard InChI is InChI=1S/C25H27FN2O3/c1-17-12-13-19(15-20(17)26)25(30)28-14-6-9-21-22(28)10-4-2-7-18-8-3-5-11-23(18)31-16-24(29)27-21/h2-5,8,11-13,15,21-22H,6-7,9-10,14,16H2,1H3,(H,27,29)/b4-2+/t21-,22-/m1/s1. The fraction of sp³-hybridized carbons (Fsp3) is 0.360. The Hall–Kier alpha value is -3.15. The molecule has 2 aliphatic rings. The van der Waals surface area contributed by atoms with Crippen LogP contribution in [0.5, 0.6) is 5.75 Å². The summed E-state index contributed by atoms with van der Waals surface area (Å²) in [4.78, 5) is 27.6. The van der Waals surface area contributed by atoms with E-state index in [4.69, 9.17) is 4.74 Å². The van der Waals surface area contributed by atoms with Crippen molar-refractivity contribution in [1.29, 1.82) is 0 Å². The number of likely N-dealkylation sites (tertiary alicyclic amines) is 1. The summed E-state index contributed by atoms with van der Waals surface area (Å²) in [5.74, 6) is -0.0849. The normalized spacial score (nSPS) is 22.6. The second-order valence-electron chi connectivity index (χ2n) is 8.15. The highest BCUT2D eigenvalue weighted by molar-refractivity contribution is 5.94. The van der Waals surface area contributed by atoms with Crippen LogP contribution in [-0.4, -0.2) is 41.9 Å². The van der Waals surface area contributed by atoms with Crippen LogP contribution in [0.15, 0.2) is 54.6 Å². The maximum atomic E-state index is 14.1. The van der Waals surface area contributed by atoms with Crippen molar-refractivity contribution < 1.29 is 18.7 Å². The molecule has 0 unspecified atom stereocenters. The third-order valence-corrected chi connectivity index (χ3v) is 6.02. The quantitative estimate of drug-likeness (QED) is 0.711. The Bertz CT molecular complexity index is 1000. The van der Waals surface area contributed by atoms with E-state index in [1.165, 1.54) is 6.07 Å². The third kappa shape index (κ3) is 4.79. The van der Waals surface area contributed by atoms with E-state index in [-0.39, 0.29) is 36.3 Å². The van der Waals surface area contributed by atoms with Gasteiger partial charge in [0.15, 0.2) is 6.61 Å². The van der Waals surface area contributed by atoms with E-state index in [0.29, 0.717) is 36.3 Å². The van der Waals surface area contributed by atoms with E-state index >= 15 is 0 Å². The molecule has 162 valence electrons. The highest BCUT2D eigenvalue weighted by Crippen LogP contribution is 2.25. The lowest BCUT2D eigenvalue weighted by atomic mass is 9.92. The van der Waals surface area contributed by atoms with Crippen LogP contribution >= 0.6 is 0 Å². The average molecular weight is 423 g/mol. The SMILES string of the molecule is Cc1ccc(C(=O)N2CCC[C@H]3NC(=O)COc4ccccc4C/C=C/C[C@H]32)cc1F. The molecule has 5 nitrogen and oxygen atoms in total. The minimum absolute atomic E-state index is 0.0684. The van der Waals surface area contributed by atoms with Gasteiger partial charge in [-0.15, -0.1) is 0 Å². The molecule has 0 aliphatic carbocycles. The van der Waals surface area contributed by atoms with Gasteiger partial charge in [-0.25, -0.2) is 4.39 Å². The number of allylic oxidation sites excluding steroid dienone is 1. The highest BCUT2D eigenvalue weighted by Gasteiger charge is 2.35. The third-order valence-electron chi connectivity index (χ3n) is 6.02. The van der Waals surface area contributed by atoms with Gasteiger partial charge in [0, 0.05) is 18.2 Å². The number of carbonyl (C=O) groups is 2. The van der Waals surface area contributed by atoms with Gasteiger partial charge in [-0.1, -0.05) is 36.4 Å². The Balaban J connectivity index is 1.59. The fourth-order valence-electron chi connectivity index (χ4n) is 4.31. The number of fused-ring (bicyclic) bond motifs is 2. The van der Waals surface area contributed by atoms with Crippen molar-refractivity contribution in [3.05, 3.63) is 77.1 Å². The zero-order valence-electron chi connectivity index (χ0n) is 17.6. The van der Waals surface area contributed by atoms with E-state index in [2.05, 4.69) is 17.5 Å². The molecule has 6 heteroatoms. The summed E-state index contributed by atoms with van der Waals surface area (Å²) < 4.78 is 19.8. The molecule has 2 atom stereocenters. The van der Waals surface area contributed by atoms with Gasteiger partial charge in [-0.3, -0.25) is 9.59 Å². The van der Waals surface area contributed by atoms with E-state index in [9.17, 15) is 14.0 Å². The number of aryl methyl sites for hydroxylation is 1. The maximum absolute atomic E-state index is 14.1. The number of piperidine rings is 1. The first-order chi connectivity index (χ1) is 15.0. The van der Waals surface area contributed by atoms with Crippen LogP contribution in [0.25, 0.3) is 0 Å². The van der Waals surface area contributed by atoms with Crippen LogP contribution < -0.4 is 10.1 Å². The lowest BCUT2D eigenvalue weighted by Crippen LogP contribution is -2.57. The minimum Gasteiger partial charge on any atom is -0.483 e. The van der Waals surface area contributed by atoms with Gasteiger partial charge in [0.2, 0.25) is 0 Å². The number of carbonyl (C=O) groups excluding carboxylic acids is 2. The summed E-state index contributed by atoms with van der Waals surface area (Å²) in [5, 5.41) is 3.06. The molecule has 0 spiro atoms. The molecular weight excluding hydrogens is 395 g/mol. The van der Waals surface area contributed by atoms with Crippen molar-refractivity contribution in [2.75, 3.05) is 13.2 Å². The average Bonchev–Trinajstić information content (AvgIpc) is 2.77. The number of benzene rings is 2. The van der Waals surface area contributed by atoms with Gasteiger partial charge >= 0.3 is 0 Å². The summed E-state index contributed by atoms with van der Waals surface area (Å²) in [7, 11) is 0.